The highest BCUT2D eigenvalue weighted by molar-refractivity contribution is 7.98. The fourth-order valence-electron chi connectivity index (χ4n) is 1.94. The van der Waals surface area contributed by atoms with Crippen LogP contribution in [0.1, 0.15) is 0 Å². The topological polar surface area (TPSA) is 25.8 Å². The molecule has 0 aliphatic carbocycles. The zero-order valence-electron chi connectivity index (χ0n) is 10.8. The first-order chi connectivity index (χ1) is 8.88. The average Bonchev–Trinajstić information content (AvgIpc) is 2.46. The summed E-state index contributed by atoms with van der Waals surface area (Å²) in [7, 11) is 0. The smallest absolute Gasteiger partial charge is 0.103 e. The van der Waals surface area contributed by atoms with Crippen LogP contribution < -0.4 is 0 Å². The number of para-hydroxylation sites is 1. The fourth-order valence-corrected chi connectivity index (χ4v) is 2.53. The molecule has 0 amide bonds. The van der Waals surface area contributed by atoms with Gasteiger partial charge in [0.25, 0.3) is 0 Å². The summed E-state index contributed by atoms with van der Waals surface area (Å²) in [6.07, 6.45) is 3.87. The molecule has 0 unspecified atom stereocenters. The average molecular weight is 325 g/mol. The molecule has 1 aromatic carbocycles. The van der Waals surface area contributed by atoms with E-state index in [0.717, 1.165) is 21.8 Å². The van der Waals surface area contributed by atoms with Gasteiger partial charge in [-0.25, -0.2) is 4.98 Å². The van der Waals surface area contributed by atoms with Crippen molar-refractivity contribution in [2.75, 3.05) is 6.26 Å². The van der Waals surface area contributed by atoms with Crippen LogP contribution in [0.25, 0.3) is 22.3 Å². The Kier molecular flexibility index (Phi) is 6.27. The van der Waals surface area contributed by atoms with E-state index in [2.05, 4.69) is 23.4 Å². The first-order valence-corrected chi connectivity index (χ1v) is 6.96. The van der Waals surface area contributed by atoms with Gasteiger partial charge >= 0.3 is 0 Å². The first kappa shape index (κ1) is 16.8. The number of hydrogen-bond acceptors (Lipinski definition) is 3. The molecule has 0 fully saturated rings. The van der Waals surface area contributed by atoms with Gasteiger partial charge in [0.2, 0.25) is 0 Å². The van der Waals surface area contributed by atoms with Gasteiger partial charge in [0.05, 0.1) is 11.2 Å². The number of halogens is 2. The zero-order chi connectivity index (χ0) is 12.4. The summed E-state index contributed by atoms with van der Waals surface area (Å²) < 4.78 is 0. The minimum atomic E-state index is 0. The van der Waals surface area contributed by atoms with E-state index in [1.54, 1.807) is 18.0 Å². The van der Waals surface area contributed by atoms with E-state index in [0.29, 0.717) is 0 Å². The van der Waals surface area contributed by atoms with Gasteiger partial charge in [-0.2, -0.15) is 0 Å². The van der Waals surface area contributed by atoms with Crippen molar-refractivity contribution in [1.29, 1.82) is 0 Å². The third kappa shape index (κ3) is 3.23. The molecule has 0 saturated heterocycles. The van der Waals surface area contributed by atoms with Crippen LogP contribution in [0, 0.1) is 0 Å². The van der Waals surface area contributed by atoms with E-state index in [9.17, 15) is 0 Å². The van der Waals surface area contributed by atoms with Gasteiger partial charge in [-0.15, -0.1) is 36.6 Å². The lowest BCUT2D eigenvalue weighted by molar-refractivity contribution is 1.23. The van der Waals surface area contributed by atoms with Gasteiger partial charge < -0.3 is 0 Å². The lowest BCUT2D eigenvalue weighted by Gasteiger charge is -2.07. The minimum absolute atomic E-state index is 0. The molecule has 0 aliphatic heterocycles. The molecule has 0 aliphatic rings. The number of benzene rings is 1. The second-order valence-corrected chi connectivity index (χ2v) is 4.79. The van der Waals surface area contributed by atoms with Crippen LogP contribution in [-0.2, 0) is 0 Å². The largest absolute Gasteiger partial charge is 0.255 e. The standard InChI is InChI=1S/C15H12N2S.2ClH/c1-18-14-10-11-6-2-3-7-12(11)17-15(14)13-8-4-5-9-16-13;;/h2-10H,1H3;2*1H. The number of rotatable bonds is 2. The number of nitrogens with zero attached hydrogens (tertiary/aromatic N) is 2. The lowest BCUT2D eigenvalue weighted by atomic mass is 10.1. The molecular weight excluding hydrogens is 311 g/mol. The maximum absolute atomic E-state index is 4.73. The van der Waals surface area contributed by atoms with Crippen molar-refractivity contribution in [1.82, 2.24) is 9.97 Å². The Balaban J connectivity index is 0.000001000. The molecule has 20 heavy (non-hydrogen) atoms. The van der Waals surface area contributed by atoms with Crippen LogP contribution in [0.2, 0.25) is 0 Å². The van der Waals surface area contributed by atoms with Crippen molar-refractivity contribution in [3.8, 4) is 11.4 Å². The Morgan fingerprint density at radius 1 is 0.950 bits per heavy atom. The predicted molar refractivity (Wildman–Crippen MR) is 91.3 cm³/mol. The van der Waals surface area contributed by atoms with E-state index in [1.807, 2.05) is 36.4 Å². The molecule has 0 bridgehead atoms. The molecule has 0 saturated carbocycles. The number of thioether (sulfide) groups is 1. The molecule has 0 spiro atoms. The van der Waals surface area contributed by atoms with Crippen molar-refractivity contribution in [3.63, 3.8) is 0 Å². The monoisotopic (exact) mass is 324 g/mol. The fraction of sp³-hybridized carbons (Fsp3) is 0.0667. The highest BCUT2D eigenvalue weighted by Crippen LogP contribution is 2.30. The van der Waals surface area contributed by atoms with E-state index in [-0.39, 0.29) is 24.8 Å². The van der Waals surface area contributed by atoms with E-state index < -0.39 is 0 Å². The SMILES string of the molecule is CSc1cc2ccccc2nc1-c1ccccn1.Cl.Cl. The summed E-state index contributed by atoms with van der Waals surface area (Å²) >= 11 is 1.70. The molecule has 2 aromatic heterocycles. The first-order valence-electron chi connectivity index (χ1n) is 5.73. The Morgan fingerprint density at radius 3 is 2.40 bits per heavy atom. The highest BCUT2D eigenvalue weighted by Gasteiger charge is 2.08. The second-order valence-electron chi connectivity index (χ2n) is 3.95. The van der Waals surface area contributed by atoms with Crippen LogP contribution in [-0.4, -0.2) is 16.2 Å². The van der Waals surface area contributed by atoms with Crippen molar-refractivity contribution in [2.24, 2.45) is 0 Å². The van der Waals surface area contributed by atoms with Gasteiger partial charge in [0.1, 0.15) is 5.69 Å². The molecule has 0 N–H and O–H groups in total. The summed E-state index contributed by atoms with van der Waals surface area (Å²) in [6, 6.07) is 16.3. The summed E-state index contributed by atoms with van der Waals surface area (Å²) in [5.41, 5.74) is 2.89. The summed E-state index contributed by atoms with van der Waals surface area (Å²) in [4.78, 5) is 10.3. The Hall–Kier alpha value is -1.29. The maximum Gasteiger partial charge on any atom is 0.103 e. The van der Waals surface area contributed by atoms with Crippen molar-refractivity contribution in [3.05, 3.63) is 54.7 Å². The minimum Gasteiger partial charge on any atom is -0.255 e. The molecule has 3 rings (SSSR count). The number of pyridine rings is 2. The molecule has 104 valence electrons. The molecule has 2 heterocycles. The molecule has 5 heteroatoms. The van der Waals surface area contributed by atoms with E-state index in [4.69, 9.17) is 4.98 Å². The van der Waals surface area contributed by atoms with E-state index >= 15 is 0 Å². The number of fused-ring (bicyclic) bond motifs is 1. The van der Waals surface area contributed by atoms with Crippen LogP contribution in [0.3, 0.4) is 0 Å². The second kappa shape index (κ2) is 7.48. The summed E-state index contributed by atoms with van der Waals surface area (Å²) in [5, 5.41) is 1.17. The highest BCUT2D eigenvalue weighted by atomic mass is 35.5. The third-order valence-electron chi connectivity index (χ3n) is 2.82. The van der Waals surface area contributed by atoms with Crippen LogP contribution >= 0.6 is 36.6 Å². The molecule has 2 nitrogen and oxygen atoms in total. The van der Waals surface area contributed by atoms with Crippen LogP contribution in [0.15, 0.2) is 59.6 Å². The number of aromatic nitrogens is 2. The van der Waals surface area contributed by atoms with Gasteiger partial charge in [-0.1, -0.05) is 24.3 Å². The van der Waals surface area contributed by atoms with Crippen molar-refractivity contribution < 1.29 is 0 Å². The Morgan fingerprint density at radius 2 is 1.70 bits per heavy atom. The summed E-state index contributed by atoms with van der Waals surface area (Å²) in [6.45, 7) is 0. The lowest BCUT2D eigenvalue weighted by Crippen LogP contribution is -1.91. The normalized spacial score (nSPS) is 9.65. The molecule has 0 atom stereocenters. The zero-order valence-corrected chi connectivity index (χ0v) is 13.3. The van der Waals surface area contributed by atoms with Gasteiger partial charge in [-0.3, -0.25) is 4.98 Å². The Bertz CT molecular complexity index is 690. The van der Waals surface area contributed by atoms with Crippen LogP contribution in [0.4, 0.5) is 0 Å². The van der Waals surface area contributed by atoms with Gasteiger partial charge in [0, 0.05) is 16.5 Å². The predicted octanol–water partition coefficient (Wildman–Crippen LogP) is 4.86. The van der Waals surface area contributed by atoms with Gasteiger partial charge in [0.15, 0.2) is 0 Å². The van der Waals surface area contributed by atoms with Crippen molar-refractivity contribution >= 4 is 47.5 Å². The summed E-state index contributed by atoms with van der Waals surface area (Å²) in [5.74, 6) is 0. The third-order valence-corrected chi connectivity index (χ3v) is 3.57. The quantitative estimate of drug-likeness (QED) is 0.629. The molecule has 3 aromatic rings. The van der Waals surface area contributed by atoms with Gasteiger partial charge in [-0.05, 0) is 30.5 Å². The number of hydrogen-bond donors (Lipinski definition) is 0. The van der Waals surface area contributed by atoms with Crippen molar-refractivity contribution in [2.45, 2.75) is 4.90 Å². The Labute approximate surface area is 134 Å². The van der Waals surface area contributed by atoms with Crippen LogP contribution in [0.5, 0.6) is 0 Å². The van der Waals surface area contributed by atoms with E-state index in [1.165, 1.54) is 5.39 Å². The maximum atomic E-state index is 4.73. The molecular formula is C15H14Cl2N2S. The molecule has 0 radical (unpaired) electrons.